The number of hydrogen-bond acceptors (Lipinski definition) is 2. The van der Waals surface area contributed by atoms with Gasteiger partial charge in [-0.2, -0.15) is 0 Å². The maximum Gasteiger partial charge on any atom is 0.335 e. The molecule has 0 radical (unpaired) electrons. The van der Waals surface area contributed by atoms with Crippen molar-refractivity contribution in [1.29, 1.82) is 0 Å². The van der Waals surface area contributed by atoms with Gasteiger partial charge in [0.2, 0.25) is 0 Å². The van der Waals surface area contributed by atoms with Crippen LogP contribution < -0.4 is 0 Å². The van der Waals surface area contributed by atoms with Gasteiger partial charge in [0.15, 0.2) is 0 Å². The molecule has 0 bridgehead atoms. The maximum absolute atomic E-state index is 10.9. The quantitative estimate of drug-likeness (QED) is 0.739. The molecule has 0 aliphatic heterocycles. The van der Waals surface area contributed by atoms with Gasteiger partial charge in [0.25, 0.3) is 0 Å². The fourth-order valence-electron chi connectivity index (χ4n) is 2.19. The van der Waals surface area contributed by atoms with Crippen molar-refractivity contribution in [3.8, 4) is 10.4 Å². The van der Waals surface area contributed by atoms with Gasteiger partial charge in [0.1, 0.15) is 0 Å². The molecule has 0 atom stereocenters. The Bertz CT molecular complexity index is 738. The van der Waals surface area contributed by atoms with E-state index in [0.717, 1.165) is 11.1 Å². The van der Waals surface area contributed by atoms with Crippen LogP contribution in [0, 0.1) is 6.92 Å². The zero-order valence-electron chi connectivity index (χ0n) is 10.4. The summed E-state index contributed by atoms with van der Waals surface area (Å²) in [5.41, 5.74) is 2.43. The fraction of sp³-hybridized carbons (Fsp3) is 0.0625. The van der Waals surface area contributed by atoms with Crippen LogP contribution in [-0.2, 0) is 0 Å². The van der Waals surface area contributed by atoms with Gasteiger partial charge in [-0.1, -0.05) is 24.3 Å². The zero-order valence-corrected chi connectivity index (χ0v) is 11.2. The molecule has 0 aliphatic carbocycles. The summed E-state index contributed by atoms with van der Waals surface area (Å²) < 4.78 is 1.25. The lowest BCUT2D eigenvalue weighted by molar-refractivity contribution is 0.0697. The molecule has 2 aromatic carbocycles. The predicted octanol–water partition coefficient (Wildman–Crippen LogP) is 4.57. The monoisotopic (exact) mass is 268 g/mol. The Morgan fingerprint density at radius 2 is 1.89 bits per heavy atom. The number of aromatic carboxylic acids is 1. The third kappa shape index (κ3) is 2.13. The summed E-state index contributed by atoms with van der Waals surface area (Å²) in [6.07, 6.45) is 0. The fourth-order valence-corrected chi connectivity index (χ4v) is 3.34. The van der Waals surface area contributed by atoms with Crippen LogP contribution in [0.25, 0.3) is 20.5 Å². The van der Waals surface area contributed by atoms with Gasteiger partial charge in [0, 0.05) is 9.58 Å². The summed E-state index contributed by atoms with van der Waals surface area (Å²) in [6, 6.07) is 15.7. The van der Waals surface area contributed by atoms with Crippen molar-refractivity contribution in [1.82, 2.24) is 0 Å². The Morgan fingerprint density at radius 1 is 1.11 bits per heavy atom. The second-order valence-corrected chi connectivity index (χ2v) is 5.57. The van der Waals surface area contributed by atoms with E-state index in [1.54, 1.807) is 23.5 Å². The number of fused-ring (bicyclic) bond motifs is 1. The van der Waals surface area contributed by atoms with E-state index in [0.29, 0.717) is 5.56 Å². The number of carbonyl (C=O) groups is 1. The average Bonchev–Trinajstić information content (AvgIpc) is 2.81. The molecule has 0 fully saturated rings. The molecular formula is C16H12O2S. The van der Waals surface area contributed by atoms with E-state index in [1.165, 1.54) is 15.0 Å². The number of carboxylic acid groups (broad SMARTS) is 1. The molecule has 0 aliphatic rings. The molecule has 3 heteroatoms. The van der Waals surface area contributed by atoms with Crippen LogP contribution >= 0.6 is 11.3 Å². The molecule has 19 heavy (non-hydrogen) atoms. The molecule has 3 rings (SSSR count). The third-order valence-corrected chi connectivity index (χ3v) is 4.31. The Kier molecular flexibility index (Phi) is 2.84. The first-order chi connectivity index (χ1) is 9.15. The van der Waals surface area contributed by atoms with Gasteiger partial charge in [-0.3, -0.25) is 0 Å². The number of carboxylic acids is 1. The van der Waals surface area contributed by atoms with Crippen LogP contribution in [0.5, 0.6) is 0 Å². The van der Waals surface area contributed by atoms with Gasteiger partial charge < -0.3 is 5.11 Å². The normalized spacial score (nSPS) is 10.8. The van der Waals surface area contributed by atoms with Crippen molar-refractivity contribution in [3.05, 3.63) is 59.7 Å². The number of rotatable bonds is 2. The molecule has 94 valence electrons. The number of aryl methyl sites for hydroxylation is 1. The third-order valence-electron chi connectivity index (χ3n) is 3.16. The molecule has 2 nitrogen and oxygen atoms in total. The standard InChI is InChI=1S/C16H12O2S/c1-10-8-12(16(17)18)6-7-13(10)15-9-11-4-2-3-5-14(11)19-15/h2-9H,1H3,(H,17,18). The summed E-state index contributed by atoms with van der Waals surface area (Å²) in [5.74, 6) is -0.883. The van der Waals surface area contributed by atoms with Crippen molar-refractivity contribution >= 4 is 27.4 Å². The topological polar surface area (TPSA) is 37.3 Å². The molecule has 0 saturated carbocycles. The van der Waals surface area contributed by atoms with Crippen molar-refractivity contribution in [3.63, 3.8) is 0 Å². The lowest BCUT2D eigenvalue weighted by Crippen LogP contribution is -1.96. The van der Waals surface area contributed by atoms with Crippen molar-refractivity contribution in [2.24, 2.45) is 0 Å². The molecule has 1 aromatic heterocycles. The first kappa shape index (κ1) is 11.9. The molecule has 1 heterocycles. The smallest absolute Gasteiger partial charge is 0.335 e. The Hall–Kier alpha value is -2.13. The lowest BCUT2D eigenvalue weighted by Gasteiger charge is -2.04. The predicted molar refractivity (Wildman–Crippen MR) is 79.0 cm³/mol. The van der Waals surface area contributed by atoms with E-state index >= 15 is 0 Å². The molecule has 0 amide bonds. The van der Waals surface area contributed by atoms with Crippen LogP contribution in [-0.4, -0.2) is 11.1 Å². The second-order valence-electron chi connectivity index (χ2n) is 4.48. The van der Waals surface area contributed by atoms with Crippen molar-refractivity contribution in [2.45, 2.75) is 6.92 Å². The minimum absolute atomic E-state index is 0.336. The summed E-state index contributed by atoms with van der Waals surface area (Å²) in [5, 5.41) is 10.2. The largest absolute Gasteiger partial charge is 0.478 e. The van der Waals surface area contributed by atoms with Gasteiger partial charge in [-0.05, 0) is 47.7 Å². The maximum atomic E-state index is 10.9. The van der Waals surface area contributed by atoms with Crippen molar-refractivity contribution < 1.29 is 9.90 Å². The summed E-state index contributed by atoms with van der Waals surface area (Å²) in [6.45, 7) is 1.95. The summed E-state index contributed by atoms with van der Waals surface area (Å²) in [4.78, 5) is 12.1. The zero-order chi connectivity index (χ0) is 13.4. The summed E-state index contributed by atoms with van der Waals surface area (Å²) >= 11 is 1.73. The molecular weight excluding hydrogens is 256 g/mol. The van der Waals surface area contributed by atoms with E-state index in [2.05, 4.69) is 18.2 Å². The highest BCUT2D eigenvalue weighted by molar-refractivity contribution is 7.22. The highest BCUT2D eigenvalue weighted by Gasteiger charge is 2.09. The Morgan fingerprint density at radius 3 is 2.58 bits per heavy atom. The number of thiophene rings is 1. The Balaban J connectivity index is 2.13. The lowest BCUT2D eigenvalue weighted by atomic mass is 10.0. The van der Waals surface area contributed by atoms with E-state index in [1.807, 2.05) is 25.1 Å². The molecule has 3 aromatic rings. The number of benzene rings is 2. The number of hydrogen-bond donors (Lipinski definition) is 1. The minimum atomic E-state index is -0.883. The van der Waals surface area contributed by atoms with Crippen molar-refractivity contribution in [2.75, 3.05) is 0 Å². The van der Waals surface area contributed by atoms with Gasteiger partial charge in [-0.25, -0.2) is 4.79 Å². The molecule has 0 spiro atoms. The van der Waals surface area contributed by atoms with Crippen LogP contribution in [0.1, 0.15) is 15.9 Å². The van der Waals surface area contributed by atoms with Gasteiger partial charge in [0.05, 0.1) is 5.56 Å². The van der Waals surface area contributed by atoms with E-state index < -0.39 is 5.97 Å². The van der Waals surface area contributed by atoms with Gasteiger partial charge >= 0.3 is 5.97 Å². The first-order valence-electron chi connectivity index (χ1n) is 5.98. The molecule has 0 unspecified atom stereocenters. The molecule has 0 saturated heterocycles. The summed E-state index contributed by atoms with van der Waals surface area (Å²) in [7, 11) is 0. The van der Waals surface area contributed by atoms with E-state index in [-0.39, 0.29) is 0 Å². The van der Waals surface area contributed by atoms with E-state index in [9.17, 15) is 4.79 Å². The average molecular weight is 268 g/mol. The highest BCUT2D eigenvalue weighted by atomic mass is 32.1. The SMILES string of the molecule is Cc1cc(C(=O)O)ccc1-c1cc2ccccc2s1. The minimum Gasteiger partial charge on any atom is -0.478 e. The Labute approximate surface area is 114 Å². The molecule has 1 N–H and O–H groups in total. The highest BCUT2D eigenvalue weighted by Crippen LogP contribution is 2.35. The first-order valence-corrected chi connectivity index (χ1v) is 6.80. The van der Waals surface area contributed by atoms with E-state index in [4.69, 9.17) is 5.11 Å². The van der Waals surface area contributed by atoms with Gasteiger partial charge in [-0.15, -0.1) is 11.3 Å². The second kappa shape index (κ2) is 4.52. The van der Waals surface area contributed by atoms with Crippen LogP contribution in [0.3, 0.4) is 0 Å². The van der Waals surface area contributed by atoms with Crippen LogP contribution in [0.4, 0.5) is 0 Å². The van der Waals surface area contributed by atoms with Crippen LogP contribution in [0.2, 0.25) is 0 Å². The van der Waals surface area contributed by atoms with Crippen LogP contribution in [0.15, 0.2) is 48.5 Å².